The van der Waals surface area contributed by atoms with Gasteiger partial charge in [0.25, 0.3) is 0 Å². The molecule has 2 aromatic rings. The van der Waals surface area contributed by atoms with Gasteiger partial charge in [-0.1, -0.05) is 30.3 Å². The molecule has 0 fully saturated rings. The number of hydrogen-bond donors (Lipinski definition) is 2. The first kappa shape index (κ1) is 14.6. The fourth-order valence-electron chi connectivity index (χ4n) is 2.18. The van der Waals surface area contributed by atoms with Crippen LogP contribution in [0.25, 0.3) is 0 Å². The molecule has 0 aliphatic heterocycles. The summed E-state index contributed by atoms with van der Waals surface area (Å²) in [6.45, 7) is 3.45. The molecule has 0 heterocycles. The first-order chi connectivity index (χ1) is 9.97. The number of anilines is 1. The van der Waals surface area contributed by atoms with Crippen LogP contribution >= 0.6 is 0 Å². The summed E-state index contributed by atoms with van der Waals surface area (Å²) in [4.78, 5) is 11.7. The van der Waals surface area contributed by atoms with Crippen molar-refractivity contribution in [2.24, 2.45) is 0 Å². The lowest BCUT2D eigenvalue weighted by atomic mass is 9.91. The highest BCUT2D eigenvalue weighted by atomic mass is 16.4. The van der Waals surface area contributed by atoms with Gasteiger partial charge in [-0.15, -0.1) is 0 Å². The maximum Gasteiger partial charge on any atom is 0.333 e. The minimum Gasteiger partial charge on any atom is -0.479 e. The highest BCUT2D eigenvalue weighted by Gasteiger charge is 2.35. The molecule has 2 N–H and O–H groups in total. The van der Waals surface area contributed by atoms with Gasteiger partial charge in [0.05, 0.1) is 11.6 Å². The first-order valence-electron chi connectivity index (χ1n) is 6.55. The number of nitriles is 1. The van der Waals surface area contributed by atoms with Crippen LogP contribution in [0, 0.1) is 18.3 Å². The number of carboxylic acid groups (broad SMARTS) is 1. The Morgan fingerprint density at radius 2 is 1.90 bits per heavy atom. The van der Waals surface area contributed by atoms with Gasteiger partial charge < -0.3 is 10.4 Å². The first-order valence-corrected chi connectivity index (χ1v) is 6.55. The molecule has 2 rings (SSSR count). The summed E-state index contributed by atoms with van der Waals surface area (Å²) < 4.78 is 0. The minimum atomic E-state index is -1.23. The van der Waals surface area contributed by atoms with Crippen molar-refractivity contribution in [1.29, 1.82) is 5.26 Å². The van der Waals surface area contributed by atoms with Crippen molar-refractivity contribution in [3.63, 3.8) is 0 Å². The van der Waals surface area contributed by atoms with E-state index in [-0.39, 0.29) is 0 Å². The number of nitrogens with one attached hydrogen (secondary N) is 1. The van der Waals surface area contributed by atoms with Crippen molar-refractivity contribution < 1.29 is 9.90 Å². The van der Waals surface area contributed by atoms with Gasteiger partial charge in [0, 0.05) is 5.69 Å². The number of hydrogen-bond acceptors (Lipinski definition) is 3. The standard InChI is InChI=1S/C17H16N2O2/c1-12-10-15(9-8-13(12)11-18)19-17(2,16(20)21)14-6-4-3-5-7-14/h3-10,19H,1-2H3,(H,20,21). The van der Waals surface area contributed by atoms with Crippen LogP contribution in [0.15, 0.2) is 48.5 Å². The van der Waals surface area contributed by atoms with Crippen LogP contribution in [-0.2, 0) is 10.3 Å². The maximum atomic E-state index is 11.7. The Labute approximate surface area is 123 Å². The van der Waals surface area contributed by atoms with Crippen LogP contribution in [0.2, 0.25) is 0 Å². The molecule has 1 atom stereocenters. The number of nitrogens with zero attached hydrogens (tertiary/aromatic N) is 1. The number of carboxylic acids is 1. The van der Waals surface area contributed by atoms with E-state index in [9.17, 15) is 9.90 Å². The van der Waals surface area contributed by atoms with E-state index in [0.717, 1.165) is 5.56 Å². The van der Waals surface area contributed by atoms with Crippen LogP contribution in [0.5, 0.6) is 0 Å². The second-order valence-electron chi connectivity index (χ2n) is 5.06. The predicted octanol–water partition coefficient (Wildman–Crippen LogP) is 3.28. The van der Waals surface area contributed by atoms with E-state index < -0.39 is 11.5 Å². The van der Waals surface area contributed by atoms with Gasteiger partial charge in [0.2, 0.25) is 0 Å². The summed E-state index contributed by atoms with van der Waals surface area (Å²) in [6, 6.07) is 16.3. The Morgan fingerprint density at radius 1 is 1.24 bits per heavy atom. The molecule has 0 radical (unpaired) electrons. The van der Waals surface area contributed by atoms with Crippen molar-refractivity contribution in [3.05, 3.63) is 65.2 Å². The second-order valence-corrected chi connectivity index (χ2v) is 5.06. The summed E-state index contributed by atoms with van der Waals surface area (Å²) in [6.07, 6.45) is 0. The Hall–Kier alpha value is -2.80. The van der Waals surface area contributed by atoms with Gasteiger partial charge in [-0.05, 0) is 43.2 Å². The Balaban J connectivity index is 2.40. The van der Waals surface area contributed by atoms with Crippen LogP contribution in [0.1, 0.15) is 23.6 Å². The smallest absolute Gasteiger partial charge is 0.333 e. The number of aryl methyl sites for hydroxylation is 1. The van der Waals surface area contributed by atoms with E-state index in [1.807, 2.05) is 25.1 Å². The van der Waals surface area contributed by atoms with Gasteiger partial charge in [0.1, 0.15) is 0 Å². The number of benzene rings is 2. The van der Waals surface area contributed by atoms with E-state index in [1.54, 1.807) is 37.3 Å². The van der Waals surface area contributed by atoms with Crippen molar-refractivity contribution in [2.45, 2.75) is 19.4 Å². The molecule has 0 amide bonds. The van der Waals surface area contributed by atoms with Crippen molar-refractivity contribution in [3.8, 4) is 6.07 Å². The molecule has 0 aromatic heterocycles. The van der Waals surface area contributed by atoms with Crippen molar-refractivity contribution >= 4 is 11.7 Å². The molecule has 4 nitrogen and oxygen atoms in total. The fraction of sp³-hybridized carbons (Fsp3) is 0.176. The highest BCUT2D eigenvalue weighted by Crippen LogP contribution is 2.27. The predicted molar refractivity (Wildman–Crippen MR) is 80.9 cm³/mol. The Bertz CT molecular complexity index is 704. The molecule has 0 saturated heterocycles. The number of aliphatic carboxylic acids is 1. The van der Waals surface area contributed by atoms with E-state index in [0.29, 0.717) is 16.8 Å². The second kappa shape index (κ2) is 5.68. The average Bonchev–Trinajstić information content (AvgIpc) is 2.48. The quantitative estimate of drug-likeness (QED) is 0.901. The van der Waals surface area contributed by atoms with Gasteiger partial charge in [-0.3, -0.25) is 0 Å². The van der Waals surface area contributed by atoms with Gasteiger partial charge in [-0.2, -0.15) is 5.26 Å². The summed E-state index contributed by atoms with van der Waals surface area (Å²) in [5.74, 6) is -0.962. The molecule has 2 aromatic carbocycles. The number of carbonyl (C=O) groups is 1. The molecule has 0 aliphatic rings. The summed E-state index contributed by atoms with van der Waals surface area (Å²) in [7, 11) is 0. The topological polar surface area (TPSA) is 73.1 Å². The summed E-state index contributed by atoms with van der Waals surface area (Å²) in [5.41, 5.74) is 1.49. The van der Waals surface area contributed by atoms with Crippen molar-refractivity contribution in [1.82, 2.24) is 0 Å². The van der Waals surface area contributed by atoms with Crippen molar-refractivity contribution in [2.75, 3.05) is 5.32 Å². The Kier molecular flexibility index (Phi) is 3.95. The molecular formula is C17H16N2O2. The molecule has 0 aliphatic carbocycles. The van der Waals surface area contributed by atoms with Gasteiger partial charge >= 0.3 is 5.97 Å². The molecule has 21 heavy (non-hydrogen) atoms. The van der Waals surface area contributed by atoms with E-state index in [4.69, 9.17) is 5.26 Å². The van der Waals surface area contributed by atoms with Crippen LogP contribution in [-0.4, -0.2) is 11.1 Å². The lowest BCUT2D eigenvalue weighted by molar-refractivity contribution is -0.142. The molecule has 106 valence electrons. The normalized spacial score (nSPS) is 13.0. The zero-order chi connectivity index (χ0) is 15.5. The highest BCUT2D eigenvalue weighted by molar-refractivity contribution is 5.84. The zero-order valence-electron chi connectivity index (χ0n) is 11.9. The lowest BCUT2D eigenvalue weighted by Gasteiger charge is -2.28. The summed E-state index contributed by atoms with van der Waals surface area (Å²) in [5, 5.41) is 21.6. The minimum absolute atomic E-state index is 0.581. The Morgan fingerprint density at radius 3 is 2.43 bits per heavy atom. The molecule has 0 bridgehead atoms. The van der Waals surface area contributed by atoms with Crippen LogP contribution in [0.3, 0.4) is 0 Å². The molecule has 0 saturated carbocycles. The fourth-order valence-corrected chi connectivity index (χ4v) is 2.18. The van der Waals surface area contributed by atoms with E-state index in [2.05, 4.69) is 11.4 Å². The zero-order valence-corrected chi connectivity index (χ0v) is 11.9. The SMILES string of the molecule is Cc1cc(NC(C)(C(=O)O)c2ccccc2)ccc1C#N. The largest absolute Gasteiger partial charge is 0.479 e. The van der Waals surface area contributed by atoms with Gasteiger partial charge in [-0.25, -0.2) is 4.79 Å². The lowest BCUT2D eigenvalue weighted by Crippen LogP contribution is -2.40. The monoisotopic (exact) mass is 280 g/mol. The third-order valence-electron chi connectivity index (χ3n) is 3.52. The molecule has 1 unspecified atom stereocenters. The van der Waals surface area contributed by atoms with E-state index >= 15 is 0 Å². The third kappa shape index (κ3) is 2.87. The third-order valence-corrected chi connectivity index (χ3v) is 3.52. The van der Waals surface area contributed by atoms with Gasteiger partial charge in [0.15, 0.2) is 5.54 Å². The van der Waals surface area contributed by atoms with E-state index in [1.165, 1.54) is 0 Å². The molecular weight excluding hydrogens is 264 g/mol. The summed E-state index contributed by atoms with van der Waals surface area (Å²) >= 11 is 0. The molecule has 0 spiro atoms. The van der Waals surface area contributed by atoms with Crippen LogP contribution < -0.4 is 5.32 Å². The molecule has 4 heteroatoms. The maximum absolute atomic E-state index is 11.7. The average molecular weight is 280 g/mol. The number of rotatable bonds is 4. The van der Waals surface area contributed by atoms with Crippen LogP contribution in [0.4, 0.5) is 5.69 Å².